The van der Waals surface area contributed by atoms with Crippen LogP contribution in [0.4, 0.5) is 9.93 Å². The minimum absolute atomic E-state index is 0.0593. The molecular weight excluding hydrogens is 264 g/mol. The molecule has 1 atom stereocenters. The average molecular weight is 284 g/mol. The third-order valence-electron chi connectivity index (χ3n) is 3.11. The molecule has 0 spiro atoms. The summed E-state index contributed by atoms with van der Waals surface area (Å²) in [4.78, 5) is 13.7. The second-order valence-corrected chi connectivity index (χ2v) is 6.85. The molecule has 0 bridgehead atoms. The summed E-state index contributed by atoms with van der Waals surface area (Å²) in [6.07, 6.45) is 0.854. The molecule has 19 heavy (non-hydrogen) atoms. The first-order chi connectivity index (χ1) is 8.90. The highest BCUT2D eigenvalue weighted by atomic mass is 32.1. The predicted octanol–water partition coefficient (Wildman–Crippen LogP) is 1.68. The summed E-state index contributed by atoms with van der Waals surface area (Å²) in [6, 6.07) is -0.160. The number of amides is 2. The quantitative estimate of drug-likeness (QED) is 0.866. The molecule has 1 saturated heterocycles. The number of anilines is 1. The van der Waals surface area contributed by atoms with Gasteiger partial charge in [0.2, 0.25) is 5.13 Å². The van der Waals surface area contributed by atoms with Gasteiger partial charge in [-0.1, -0.05) is 32.1 Å². The van der Waals surface area contributed by atoms with Gasteiger partial charge in [0.25, 0.3) is 0 Å². The molecular formula is C12H20N4O2S. The zero-order valence-corrected chi connectivity index (χ0v) is 12.3. The number of carbonyl (C=O) groups is 1. The number of carbonyl (C=O) groups excluding carboxylic acids is 1. The first kappa shape index (κ1) is 14.2. The SMILES string of the molecule is CC(C)(C)c1nnc(NC(=O)N2CCC(CO)C2)s1. The molecule has 2 heterocycles. The fourth-order valence-electron chi connectivity index (χ4n) is 1.91. The molecule has 1 fully saturated rings. The Kier molecular flexibility index (Phi) is 4.05. The van der Waals surface area contributed by atoms with Crippen LogP contribution in [0.15, 0.2) is 0 Å². The number of nitrogens with one attached hydrogen (secondary N) is 1. The van der Waals surface area contributed by atoms with Gasteiger partial charge in [-0.15, -0.1) is 10.2 Å². The van der Waals surface area contributed by atoms with Crippen LogP contribution in [0.3, 0.4) is 0 Å². The molecule has 1 aromatic heterocycles. The van der Waals surface area contributed by atoms with Crippen LogP contribution < -0.4 is 5.32 Å². The Bertz CT molecular complexity index is 455. The van der Waals surface area contributed by atoms with Gasteiger partial charge >= 0.3 is 6.03 Å². The van der Waals surface area contributed by atoms with Crippen LogP contribution in [-0.4, -0.2) is 45.9 Å². The van der Waals surface area contributed by atoms with E-state index in [-0.39, 0.29) is 24.0 Å². The number of hydrogen-bond donors (Lipinski definition) is 2. The summed E-state index contributed by atoms with van der Waals surface area (Å²) in [5, 5.41) is 21.4. The minimum Gasteiger partial charge on any atom is -0.396 e. The number of nitrogens with zero attached hydrogens (tertiary/aromatic N) is 3. The highest BCUT2D eigenvalue weighted by Crippen LogP contribution is 2.28. The maximum absolute atomic E-state index is 12.0. The van der Waals surface area contributed by atoms with E-state index in [1.807, 2.05) is 0 Å². The summed E-state index contributed by atoms with van der Waals surface area (Å²) in [5.41, 5.74) is -0.0593. The summed E-state index contributed by atoms with van der Waals surface area (Å²) in [6.45, 7) is 7.61. The maximum Gasteiger partial charge on any atom is 0.323 e. The molecule has 0 radical (unpaired) electrons. The van der Waals surface area contributed by atoms with E-state index in [9.17, 15) is 4.79 Å². The van der Waals surface area contributed by atoms with Gasteiger partial charge in [-0.2, -0.15) is 0 Å². The van der Waals surface area contributed by atoms with Crippen molar-refractivity contribution in [2.24, 2.45) is 5.92 Å². The van der Waals surface area contributed by atoms with Gasteiger partial charge in [-0.25, -0.2) is 4.79 Å². The van der Waals surface area contributed by atoms with Crippen LogP contribution in [0.2, 0.25) is 0 Å². The van der Waals surface area contributed by atoms with Crippen molar-refractivity contribution in [2.75, 3.05) is 25.0 Å². The zero-order valence-electron chi connectivity index (χ0n) is 11.5. The van der Waals surface area contributed by atoms with E-state index in [1.54, 1.807) is 4.90 Å². The molecule has 2 rings (SSSR count). The second kappa shape index (κ2) is 5.42. The van der Waals surface area contributed by atoms with Gasteiger partial charge in [-0.3, -0.25) is 5.32 Å². The molecule has 2 amide bonds. The molecule has 1 aromatic rings. The highest BCUT2D eigenvalue weighted by Gasteiger charge is 2.27. The van der Waals surface area contributed by atoms with E-state index >= 15 is 0 Å². The van der Waals surface area contributed by atoms with Crippen molar-refractivity contribution in [3.63, 3.8) is 0 Å². The Morgan fingerprint density at radius 1 is 1.53 bits per heavy atom. The number of aliphatic hydroxyl groups is 1. The standard InChI is InChI=1S/C12H20N4O2S/c1-12(2,3)9-14-15-10(19-9)13-11(18)16-5-4-8(6-16)7-17/h8,17H,4-7H2,1-3H3,(H,13,15,18). The predicted molar refractivity (Wildman–Crippen MR) is 74.4 cm³/mol. The number of likely N-dealkylation sites (tertiary alicyclic amines) is 1. The van der Waals surface area contributed by atoms with E-state index in [4.69, 9.17) is 5.11 Å². The molecule has 1 aliphatic rings. The van der Waals surface area contributed by atoms with Crippen molar-refractivity contribution in [2.45, 2.75) is 32.6 Å². The molecule has 1 aliphatic heterocycles. The molecule has 7 heteroatoms. The van der Waals surface area contributed by atoms with Gasteiger partial charge in [0.15, 0.2) is 0 Å². The number of rotatable bonds is 2. The topological polar surface area (TPSA) is 78.4 Å². The average Bonchev–Trinajstić information content (AvgIpc) is 2.95. The molecule has 106 valence electrons. The number of hydrogen-bond acceptors (Lipinski definition) is 5. The fourth-order valence-corrected chi connectivity index (χ4v) is 2.70. The number of aliphatic hydroxyl groups excluding tert-OH is 1. The van der Waals surface area contributed by atoms with Crippen LogP contribution >= 0.6 is 11.3 Å². The van der Waals surface area contributed by atoms with Crippen molar-refractivity contribution in [1.29, 1.82) is 0 Å². The summed E-state index contributed by atoms with van der Waals surface area (Å²) in [5.74, 6) is 0.199. The lowest BCUT2D eigenvalue weighted by Crippen LogP contribution is -2.33. The van der Waals surface area contributed by atoms with E-state index in [2.05, 4.69) is 36.3 Å². The Labute approximate surface area is 116 Å². The zero-order chi connectivity index (χ0) is 14.0. The third-order valence-corrected chi connectivity index (χ3v) is 4.38. The fraction of sp³-hybridized carbons (Fsp3) is 0.750. The number of urea groups is 1. The highest BCUT2D eigenvalue weighted by molar-refractivity contribution is 7.15. The van der Waals surface area contributed by atoms with Crippen molar-refractivity contribution in [3.05, 3.63) is 5.01 Å². The molecule has 0 saturated carbocycles. The van der Waals surface area contributed by atoms with Gasteiger partial charge in [-0.05, 0) is 6.42 Å². The molecule has 0 aromatic carbocycles. The maximum atomic E-state index is 12.0. The Balaban J connectivity index is 1.94. The largest absolute Gasteiger partial charge is 0.396 e. The van der Waals surface area contributed by atoms with Gasteiger partial charge in [0, 0.05) is 31.0 Å². The van der Waals surface area contributed by atoms with Crippen LogP contribution in [0, 0.1) is 5.92 Å². The monoisotopic (exact) mass is 284 g/mol. The van der Waals surface area contributed by atoms with Gasteiger partial charge in [0.05, 0.1) is 0 Å². The lowest BCUT2D eigenvalue weighted by atomic mass is 9.98. The van der Waals surface area contributed by atoms with E-state index < -0.39 is 0 Å². The van der Waals surface area contributed by atoms with Crippen LogP contribution in [0.1, 0.15) is 32.2 Å². The Hall–Kier alpha value is -1.21. The Morgan fingerprint density at radius 3 is 2.79 bits per heavy atom. The first-order valence-electron chi connectivity index (χ1n) is 6.41. The molecule has 0 aliphatic carbocycles. The van der Waals surface area contributed by atoms with Crippen LogP contribution in [0.5, 0.6) is 0 Å². The van der Waals surface area contributed by atoms with Crippen molar-refractivity contribution < 1.29 is 9.90 Å². The van der Waals surface area contributed by atoms with E-state index in [1.165, 1.54) is 11.3 Å². The van der Waals surface area contributed by atoms with Gasteiger partial charge in [0.1, 0.15) is 5.01 Å². The van der Waals surface area contributed by atoms with Crippen molar-refractivity contribution >= 4 is 22.5 Å². The minimum atomic E-state index is -0.160. The van der Waals surface area contributed by atoms with E-state index in [0.717, 1.165) is 11.4 Å². The van der Waals surface area contributed by atoms with E-state index in [0.29, 0.717) is 18.2 Å². The van der Waals surface area contributed by atoms with Crippen molar-refractivity contribution in [3.8, 4) is 0 Å². The lowest BCUT2D eigenvalue weighted by Gasteiger charge is -2.15. The summed E-state index contributed by atoms with van der Waals surface area (Å²) < 4.78 is 0. The summed E-state index contributed by atoms with van der Waals surface area (Å²) >= 11 is 1.40. The Morgan fingerprint density at radius 2 is 2.26 bits per heavy atom. The smallest absolute Gasteiger partial charge is 0.323 e. The lowest BCUT2D eigenvalue weighted by molar-refractivity contribution is 0.208. The summed E-state index contributed by atoms with van der Waals surface area (Å²) in [7, 11) is 0. The second-order valence-electron chi connectivity index (χ2n) is 5.88. The van der Waals surface area contributed by atoms with Crippen LogP contribution in [-0.2, 0) is 5.41 Å². The number of aromatic nitrogens is 2. The molecule has 6 nitrogen and oxygen atoms in total. The molecule has 2 N–H and O–H groups in total. The molecule has 1 unspecified atom stereocenters. The third kappa shape index (κ3) is 3.42. The van der Waals surface area contributed by atoms with Crippen molar-refractivity contribution in [1.82, 2.24) is 15.1 Å². The van der Waals surface area contributed by atoms with Gasteiger partial charge < -0.3 is 10.0 Å². The van der Waals surface area contributed by atoms with Crippen LogP contribution in [0.25, 0.3) is 0 Å². The normalized spacial score (nSPS) is 19.8. The first-order valence-corrected chi connectivity index (χ1v) is 7.22.